The summed E-state index contributed by atoms with van der Waals surface area (Å²) in [6.45, 7) is 6.22. The number of likely N-dealkylation sites (tertiary alicyclic amines) is 1. The van der Waals surface area contributed by atoms with Crippen molar-refractivity contribution in [3.63, 3.8) is 0 Å². The van der Waals surface area contributed by atoms with Crippen molar-refractivity contribution in [2.24, 2.45) is 17.9 Å². The van der Waals surface area contributed by atoms with Crippen molar-refractivity contribution in [2.75, 3.05) is 42.9 Å². The summed E-state index contributed by atoms with van der Waals surface area (Å²) in [6, 6.07) is 0. The van der Waals surface area contributed by atoms with Crippen LogP contribution in [0.5, 0.6) is 0 Å². The van der Waals surface area contributed by atoms with Gasteiger partial charge in [0.2, 0.25) is 5.95 Å². The van der Waals surface area contributed by atoms with Gasteiger partial charge in [0.05, 0.1) is 24.6 Å². The molecule has 0 bridgehead atoms. The molecule has 152 valence electrons. The lowest BCUT2D eigenvalue weighted by atomic mass is 9.71. The monoisotopic (exact) mass is 395 g/mol. The summed E-state index contributed by atoms with van der Waals surface area (Å²) in [4.78, 5) is 12.1. The summed E-state index contributed by atoms with van der Waals surface area (Å²) in [5.41, 5.74) is 0.284. The Bertz CT molecular complexity index is 853. The molecule has 4 rings (SSSR count). The van der Waals surface area contributed by atoms with Crippen LogP contribution in [-0.4, -0.2) is 63.8 Å². The molecule has 28 heavy (non-hydrogen) atoms. The van der Waals surface area contributed by atoms with Gasteiger partial charge in [-0.2, -0.15) is 10.1 Å². The van der Waals surface area contributed by atoms with E-state index in [0.29, 0.717) is 31.9 Å². The van der Waals surface area contributed by atoms with E-state index in [1.807, 2.05) is 9.80 Å². The number of nitrogens with one attached hydrogen (secondary N) is 1. The van der Waals surface area contributed by atoms with Gasteiger partial charge in [-0.3, -0.25) is 9.58 Å². The van der Waals surface area contributed by atoms with Gasteiger partial charge < -0.3 is 10.2 Å². The Morgan fingerprint density at radius 3 is 2.39 bits per heavy atom. The third kappa shape index (κ3) is 3.30. The molecule has 2 saturated heterocycles. The first-order valence-corrected chi connectivity index (χ1v) is 9.21. The van der Waals surface area contributed by atoms with Gasteiger partial charge in [-0.1, -0.05) is 13.8 Å². The van der Waals surface area contributed by atoms with E-state index in [1.165, 1.54) is 0 Å². The molecule has 4 heterocycles. The Kier molecular flexibility index (Phi) is 4.48. The number of rotatable bonds is 5. The van der Waals surface area contributed by atoms with Gasteiger partial charge in [0.1, 0.15) is 0 Å². The maximum atomic E-state index is 14.5. The lowest BCUT2D eigenvalue weighted by Gasteiger charge is -2.30. The molecule has 10 heteroatoms. The first-order chi connectivity index (χ1) is 13.2. The molecule has 2 fully saturated rings. The summed E-state index contributed by atoms with van der Waals surface area (Å²) in [5, 5.41) is 7.09. The van der Waals surface area contributed by atoms with Crippen molar-refractivity contribution in [1.29, 1.82) is 0 Å². The van der Waals surface area contributed by atoms with Crippen LogP contribution in [0.2, 0.25) is 0 Å². The standard InChI is InChI=1S/C18H24F3N7/c1-17-8-27(7-14(20)21)9-18(17,2)11-28(10-17)15-13(19)5-22-16(25-15)24-12-4-23-26(3)6-12/h4-6,14H,7-11H2,1-3H3,(H,22,24,25)/t17-,18+. The summed E-state index contributed by atoms with van der Waals surface area (Å²) in [5.74, 6) is 0.0306. The Morgan fingerprint density at radius 2 is 1.82 bits per heavy atom. The van der Waals surface area contributed by atoms with Crippen LogP contribution in [-0.2, 0) is 7.05 Å². The molecule has 0 radical (unpaired) electrons. The number of nitrogens with zero attached hydrogens (tertiary/aromatic N) is 6. The number of anilines is 3. The first-order valence-electron chi connectivity index (χ1n) is 9.21. The van der Waals surface area contributed by atoms with Crippen molar-refractivity contribution in [3.8, 4) is 0 Å². The van der Waals surface area contributed by atoms with Crippen LogP contribution in [0.1, 0.15) is 13.8 Å². The largest absolute Gasteiger partial charge is 0.353 e. The highest BCUT2D eigenvalue weighted by Gasteiger charge is 2.58. The molecule has 0 aromatic carbocycles. The maximum Gasteiger partial charge on any atom is 0.251 e. The van der Waals surface area contributed by atoms with Gasteiger partial charge >= 0.3 is 0 Å². The first kappa shape index (κ1) is 19.0. The zero-order valence-electron chi connectivity index (χ0n) is 16.2. The highest BCUT2D eigenvalue weighted by atomic mass is 19.3. The second-order valence-corrected chi connectivity index (χ2v) is 8.43. The van der Waals surface area contributed by atoms with E-state index in [-0.39, 0.29) is 29.1 Å². The molecule has 0 amide bonds. The van der Waals surface area contributed by atoms with Crippen LogP contribution >= 0.6 is 0 Å². The third-order valence-electron chi connectivity index (χ3n) is 6.06. The van der Waals surface area contributed by atoms with Crippen LogP contribution < -0.4 is 10.2 Å². The van der Waals surface area contributed by atoms with Crippen molar-refractivity contribution in [3.05, 3.63) is 24.4 Å². The van der Waals surface area contributed by atoms with E-state index in [4.69, 9.17) is 0 Å². The summed E-state index contributed by atoms with van der Waals surface area (Å²) in [6.07, 6.45) is 2.21. The van der Waals surface area contributed by atoms with Crippen LogP contribution in [0.4, 0.5) is 30.6 Å². The fraction of sp³-hybridized carbons (Fsp3) is 0.611. The van der Waals surface area contributed by atoms with Gasteiger partial charge in [-0.15, -0.1) is 0 Å². The van der Waals surface area contributed by atoms with Crippen LogP contribution in [0.3, 0.4) is 0 Å². The predicted octanol–water partition coefficient (Wildman–Crippen LogP) is 2.51. The molecule has 2 aromatic heterocycles. The summed E-state index contributed by atoms with van der Waals surface area (Å²) in [7, 11) is 1.80. The Labute approximate surface area is 161 Å². The normalized spacial score (nSPS) is 27.6. The summed E-state index contributed by atoms with van der Waals surface area (Å²) >= 11 is 0. The van der Waals surface area contributed by atoms with Crippen LogP contribution in [0.25, 0.3) is 0 Å². The molecule has 2 aromatic rings. The number of halogens is 3. The Balaban J connectivity index is 1.54. The van der Waals surface area contributed by atoms with Gasteiger partial charge in [0.25, 0.3) is 6.43 Å². The van der Waals surface area contributed by atoms with E-state index in [9.17, 15) is 13.2 Å². The second-order valence-electron chi connectivity index (χ2n) is 8.43. The van der Waals surface area contributed by atoms with E-state index in [1.54, 1.807) is 24.1 Å². The third-order valence-corrected chi connectivity index (χ3v) is 6.06. The fourth-order valence-electron chi connectivity index (χ4n) is 4.53. The lowest BCUT2D eigenvalue weighted by Crippen LogP contribution is -2.35. The van der Waals surface area contributed by atoms with Crippen molar-refractivity contribution in [1.82, 2.24) is 24.6 Å². The minimum atomic E-state index is -2.34. The molecule has 7 nitrogen and oxygen atoms in total. The molecule has 2 aliphatic rings. The molecular formula is C18H24F3N7. The molecule has 2 aliphatic heterocycles. The minimum absolute atomic E-state index is 0.212. The van der Waals surface area contributed by atoms with Crippen molar-refractivity contribution in [2.45, 2.75) is 20.3 Å². The average Bonchev–Trinajstić information content (AvgIpc) is 3.16. The van der Waals surface area contributed by atoms with E-state index in [2.05, 4.69) is 34.2 Å². The van der Waals surface area contributed by atoms with Crippen molar-refractivity contribution < 1.29 is 13.2 Å². The Hall–Kier alpha value is -2.36. The zero-order valence-corrected chi connectivity index (χ0v) is 16.2. The average molecular weight is 395 g/mol. The van der Waals surface area contributed by atoms with Gasteiger partial charge in [0.15, 0.2) is 11.6 Å². The minimum Gasteiger partial charge on any atom is -0.353 e. The zero-order chi connectivity index (χ0) is 20.1. The lowest BCUT2D eigenvalue weighted by molar-refractivity contribution is 0.0932. The maximum absolute atomic E-state index is 14.5. The quantitative estimate of drug-likeness (QED) is 0.840. The molecule has 0 spiro atoms. The number of fused-ring (bicyclic) bond motifs is 1. The number of hydrogen-bond donors (Lipinski definition) is 1. The highest BCUT2D eigenvalue weighted by molar-refractivity contribution is 5.54. The Morgan fingerprint density at radius 1 is 1.14 bits per heavy atom. The van der Waals surface area contributed by atoms with Gasteiger partial charge in [-0.05, 0) is 0 Å². The number of aryl methyl sites for hydroxylation is 1. The smallest absolute Gasteiger partial charge is 0.251 e. The molecule has 0 aliphatic carbocycles. The molecule has 0 saturated carbocycles. The van der Waals surface area contributed by atoms with Crippen molar-refractivity contribution >= 4 is 17.5 Å². The van der Waals surface area contributed by atoms with Gasteiger partial charge in [-0.25, -0.2) is 18.2 Å². The highest BCUT2D eigenvalue weighted by Crippen LogP contribution is 2.52. The fourth-order valence-corrected chi connectivity index (χ4v) is 4.53. The topological polar surface area (TPSA) is 62.1 Å². The summed E-state index contributed by atoms with van der Waals surface area (Å²) < 4.78 is 41.8. The van der Waals surface area contributed by atoms with E-state index < -0.39 is 12.2 Å². The van der Waals surface area contributed by atoms with E-state index in [0.717, 1.165) is 6.20 Å². The number of alkyl halides is 2. The molecular weight excluding hydrogens is 371 g/mol. The predicted molar refractivity (Wildman–Crippen MR) is 99.4 cm³/mol. The van der Waals surface area contributed by atoms with Crippen LogP contribution in [0.15, 0.2) is 18.6 Å². The van der Waals surface area contributed by atoms with Gasteiger partial charge in [0, 0.05) is 50.3 Å². The molecule has 1 N–H and O–H groups in total. The second kappa shape index (κ2) is 6.61. The number of hydrogen-bond acceptors (Lipinski definition) is 6. The number of aromatic nitrogens is 4. The van der Waals surface area contributed by atoms with Crippen LogP contribution in [0, 0.1) is 16.6 Å². The SMILES string of the molecule is Cn1cc(Nc2ncc(F)c(N3C[C@]4(C)CN(CC(F)F)C[C@]4(C)C3)n2)cn1. The molecule has 0 unspecified atom stereocenters. The molecule has 2 atom stereocenters. The van der Waals surface area contributed by atoms with E-state index >= 15 is 0 Å².